The van der Waals surface area contributed by atoms with Crippen molar-refractivity contribution in [3.8, 4) is 11.5 Å². The van der Waals surface area contributed by atoms with Crippen LogP contribution in [-0.4, -0.2) is 69.8 Å². The van der Waals surface area contributed by atoms with Gasteiger partial charge in [0.1, 0.15) is 0 Å². The van der Waals surface area contributed by atoms with E-state index in [1.807, 2.05) is 0 Å². The fraction of sp³-hybridized carbons (Fsp3) is 0.250. The molecule has 10 nitrogen and oxygen atoms in total. The highest BCUT2D eigenvalue weighted by molar-refractivity contribution is 7.89. The fourth-order valence-electron chi connectivity index (χ4n) is 3.77. The third kappa shape index (κ3) is 5.15. The number of nitrogens with zero attached hydrogens (tertiary/aromatic N) is 2. The zero-order chi connectivity index (χ0) is 25.0. The van der Waals surface area contributed by atoms with Gasteiger partial charge in [0, 0.05) is 43.5 Å². The maximum Gasteiger partial charge on any atom is 0.291 e. The number of furan rings is 1. The summed E-state index contributed by atoms with van der Waals surface area (Å²) in [4.78, 5) is 26.9. The Bertz CT molecular complexity index is 1310. The van der Waals surface area contributed by atoms with Gasteiger partial charge in [0.05, 0.1) is 25.4 Å². The molecule has 35 heavy (non-hydrogen) atoms. The van der Waals surface area contributed by atoms with Gasteiger partial charge in [0.25, 0.3) is 11.8 Å². The van der Waals surface area contributed by atoms with Gasteiger partial charge in [-0.2, -0.15) is 4.31 Å². The average molecular weight is 500 g/mol. The monoisotopic (exact) mass is 499 g/mol. The molecule has 0 spiro atoms. The Morgan fingerprint density at radius 2 is 1.66 bits per heavy atom. The second-order valence-electron chi connectivity index (χ2n) is 7.73. The van der Waals surface area contributed by atoms with Gasteiger partial charge >= 0.3 is 0 Å². The van der Waals surface area contributed by atoms with Crippen LogP contribution in [0.5, 0.6) is 11.5 Å². The van der Waals surface area contributed by atoms with Crippen molar-refractivity contribution < 1.29 is 31.9 Å². The minimum Gasteiger partial charge on any atom is -0.493 e. The van der Waals surface area contributed by atoms with Crippen molar-refractivity contribution >= 4 is 27.5 Å². The summed E-state index contributed by atoms with van der Waals surface area (Å²) in [5.41, 5.74) is 0.838. The second-order valence-corrected chi connectivity index (χ2v) is 9.66. The first-order chi connectivity index (χ1) is 16.8. The van der Waals surface area contributed by atoms with E-state index in [0.29, 0.717) is 22.7 Å². The van der Waals surface area contributed by atoms with Crippen molar-refractivity contribution in [1.82, 2.24) is 9.21 Å². The summed E-state index contributed by atoms with van der Waals surface area (Å²) in [5, 5.41) is 2.69. The molecular weight excluding hydrogens is 474 g/mol. The number of hydrogen-bond acceptors (Lipinski definition) is 7. The number of ether oxygens (including phenoxy) is 2. The lowest BCUT2D eigenvalue weighted by atomic mass is 10.1. The van der Waals surface area contributed by atoms with Gasteiger partial charge in [-0.15, -0.1) is 0 Å². The molecule has 1 N–H and O–H groups in total. The number of methoxy groups -OCH3 is 2. The molecular formula is C24H25N3O7S. The van der Waals surface area contributed by atoms with Crippen molar-refractivity contribution in [2.24, 2.45) is 0 Å². The van der Waals surface area contributed by atoms with Crippen LogP contribution in [0.25, 0.3) is 0 Å². The number of anilines is 1. The van der Waals surface area contributed by atoms with Crippen LogP contribution in [0.4, 0.5) is 5.69 Å². The molecule has 2 aromatic carbocycles. The quantitative estimate of drug-likeness (QED) is 0.531. The first-order valence-electron chi connectivity index (χ1n) is 10.8. The topological polar surface area (TPSA) is 118 Å². The average Bonchev–Trinajstić information content (AvgIpc) is 3.43. The molecule has 4 rings (SSSR count). The number of piperazine rings is 1. The number of rotatable bonds is 7. The number of nitrogens with one attached hydrogen (secondary N) is 1. The molecule has 0 atom stereocenters. The zero-order valence-corrected chi connectivity index (χ0v) is 20.1. The summed E-state index contributed by atoms with van der Waals surface area (Å²) in [5.74, 6) is 0.246. The first-order valence-corrected chi connectivity index (χ1v) is 12.2. The van der Waals surface area contributed by atoms with Crippen molar-refractivity contribution in [2.45, 2.75) is 4.90 Å². The van der Waals surface area contributed by atoms with Gasteiger partial charge in [-0.25, -0.2) is 8.42 Å². The zero-order valence-electron chi connectivity index (χ0n) is 19.3. The first kappa shape index (κ1) is 24.3. The summed E-state index contributed by atoms with van der Waals surface area (Å²) in [6.45, 7) is 0.761. The van der Waals surface area contributed by atoms with Gasteiger partial charge in [-0.3, -0.25) is 9.59 Å². The summed E-state index contributed by atoms with van der Waals surface area (Å²) >= 11 is 0. The highest BCUT2D eigenvalue weighted by atomic mass is 32.2. The summed E-state index contributed by atoms with van der Waals surface area (Å²) in [7, 11) is -0.854. The number of amides is 2. The number of benzene rings is 2. The van der Waals surface area contributed by atoms with E-state index >= 15 is 0 Å². The van der Waals surface area contributed by atoms with Gasteiger partial charge < -0.3 is 24.1 Å². The Labute approximate surface area is 203 Å². The molecule has 0 aliphatic carbocycles. The predicted octanol–water partition coefficient (Wildman–Crippen LogP) is 2.70. The van der Waals surface area contributed by atoms with Crippen LogP contribution in [0.3, 0.4) is 0 Å². The predicted molar refractivity (Wildman–Crippen MR) is 127 cm³/mol. The van der Waals surface area contributed by atoms with Gasteiger partial charge in [0.15, 0.2) is 17.3 Å². The minimum atomic E-state index is -3.77. The van der Waals surface area contributed by atoms with E-state index in [4.69, 9.17) is 13.9 Å². The lowest BCUT2D eigenvalue weighted by Crippen LogP contribution is -2.50. The lowest BCUT2D eigenvalue weighted by Gasteiger charge is -2.34. The Morgan fingerprint density at radius 3 is 2.31 bits per heavy atom. The Morgan fingerprint density at radius 1 is 0.914 bits per heavy atom. The van der Waals surface area contributed by atoms with Crippen LogP contribution in [0.15, 0.2) is 70.2 Å². The maximum absolute atomic E-state index is 13.1. The Kier molecular flexibility index (Phi) is 7.08. The molecule has 1 aromatic heterocycles. The van der Waals surface area contributed by atoms with E-state index < -0.39 is 15.9 Å². The number of carbonyl (C=O) groups is 2. The van der Waals surface area contributed by atoms with Crippen molar-refractivity contribution in [2.75, 3.05) is 45.7 Å². The van der Waals surface area contributed by atoms with Crippen LogP contribution < -0.4 is 14.8 Å². The second kappa shape index (κ2) is 10.2. The van der Waals surface area contributed by atoms with Crippen molar-refractivity contribution in [1.29, 1.82) is 0 Å². The molecule has 184 valence electrons. The van der Waals surface area contributed by atoms with Crippen molar-refractivity contribution in [3.63, 3.8) is 0 Å². The Balaban J connectivity index is 1.41. The Hall–Kier alpha value is -3.83. The minimum absolute atomic E-state index is 0.0925. The van der Waals surface area contributed by atoms with Crippen LogP contribution in [0.2, 0.25) is 0 Å². The van der Waals surface area contributed by atoms with E-state index in [1.54, 1.807) is 47.4 Å². The van der Waals surface area contributed by atoms with E-state index in [1.165, 1.54) is 36.9 Å². The molecule has 3 aromatic rings. The third-order valence-electron chi connectivity index (χ3n) is 5.63. The molecule has 0 saturated carbocycles. The normalized spacial score (nSPS) is 14.4. The van der Waals surface area contributed by atoms with Crippen molar-refractivity contribution in [3.05, 3.63) is 72.2 Å². The molecule has 11 heteroatoms. The molecule has 1 aliphatic heterocycles. The van der Waals surface area contributed by atoms with E-state index in [-0.39, 0.29) is 42.7 Å². The number of hydrogen-bond donors (Lipinski definition) is 1. The van der Waals surface area contributed by atoms with E-state index in [0.717, 1.165) is 0 Å². The summed E-state index contributed by atoms with van der Waals surface area (Å²) in [6.07, 6.45) is 1.40. The van der Waals surface area contributed by atoms with E-state index in [9.17, 15) is 18.0 Å². The van der Waals surface area contributed by atoms with Crippen LogP contribution >= 0.6 is 0 Å². The number of carbonyl (C=O) groups excluding carboxylic acids is 2. The smallest absolute Gasteiger partial charge is 0.291 e. The molecule has 1 aliphatic rings. The third-order valence-corrected chi connectivity index (χ3v) is 7.53. The van der Waals surface area contributed by atoms with Crippen LogP contribution in [-0.2, 0) is 10.0 Å². The highest BCUT2D eigenvalue weighted by Gasteiger charge is 2.31. The highest BCUT2D eigenvalue weighted by Crippen LogP contribution is 2.31. The standard InChI is InChI=1S/C24H25N3O7S/c1-32-20-9-8-19(16-22(20)33-2)35(30,31)27-12-10-26(11-13-27)24(29)17-5-3-6-18(15-17)25-23(28)21-7-4-14-34-21/h3-9,14-16H,10-13H2,1-2H3,(H,25,28). The largest absolute Gasteiger partial charge is 0.493 e. The molecule has 0 radical (unpaired) electrons. The maximum atomic E-state index is 13.1. The fourth-order valence-corrected chi connectivity index (χ4v) is 5.21. The number of sulfonamides is 1. The molecule has 2 heterocycles. The van der Waals surface area contributed by atoms with Gasteiger partial charge in [-0.05, 0) is 42.5 Å². The van der Waals surface area contributed by atoms with Gasteiger partial charge in [0.2, 0.25) is 10.0 Å². The summed E-state index contributed by atoms with van der Waals surface area (Å²) in [6, 6.07) is 14.2. The van der Waals surface area contributed by atoms with E-state index in [2.05, 4.69) is 5.32 Å². The van der Waals surface area contributed by atoms with Crippen LogP contribution in [0, 0.1) is 0 Å². The molecule has 2 amide bonds. The van der Waals surface area contributed by atoms with Crippen LogP contribution in [0.1, 0.15) is 20.9 Å². The molecule has 0 bridgehead atoms. The lowest BCUT2D eigenvalue weighted by molar-refractivity contribution is 0.0697. The SMILES string of the molecule is COc1ccc(S(=O)(=O)N2CCN(C(=O)c3cccc(NC(=O)c4ccco4)c3)CC2)cc1OC. The molecule has 1 fully saturated rings. The summed E-state index contributed by atoms with van der Waals surface area (Å²) < 4.78 is 43.1. The van der Waals surface area contributed by atoms with Gasteiger partial charge in [-0.1, -0.05) is 6.07 Å². The molecule has 0 unspecified atom stereocenters. The molecule has 1 saturated heterocycles.